The van der Waals surface area contributed by atoms with E-state index in [1.807, 2.05) is 0 Å². The molecule has 1 unspecified atom stereocenters. The summed E-state index contributed by atoms with van der Waals surface area (Å²) < 4.78 is 0. The lowest BCUT2D eigenvalue weighted by Crippen LogP contribution is -2.44. The maximum Gasteiger partial charge on any atom is 0.0661 e. The second kappa shape index (κ2) is 3.25. The molecule has 0 spiro atoms. The smallest absolute Gasteiger partial charge is 0.0661 e. The Labute approximate surface area is 81.5 Å². The minimum absolute atomic E-state index is 0.138. The van der Waals surface area contributed by atoms with Gasteiger partial charge in [0.25, 0.3) is 0 Å². The van der Waals surface area contributed by atoms with Gasteiger partial charge in [-0.2, -0.15) is 0 Å². The second-order valence-electron chi connectivity index (χ2n) is 5.48. The van der Waals surface area contributed by atoms with Crippen LogP contribution in [0.1, 0.15) is 40.5 Å². The van der Waals surface area contributed by atoms with Crippen LogP contribution in [0.15, 0.2) is 0 Å². The summed E-state index contributed by atoms with van der Waals surface area (Å²) in [7, 11) is 0. The van der Waals surface area contributed by atoms with Gasteiger partial charge in [-0.05, 0) is 30.7 Å². The van der Waals surface area contributed by atoms with Crippen LogP contribution in [0, 0.1) is 16.7 Å². The molecule has 0 aliphatic heterocycles. The number of hydrogen-bond acceptors (Lipinski definition) is 2. The quantitative estimate of drug-likeness (QED) is 0.701. The van der Waals surface area contributed by atoms with Crippen LogP contribution < -0.4 is 5.73 Å². The molecule has 0 heterocycles. The number of rotatable bonds is 4. The van der Waals surface area contributed by atoms with Crippen LogP contribution in [0.5, 0.6) is 0 Å². The number of aliphatic hydroxyl groups excluding tert-OH is 1. The Bertz CT molecular complexity index is 183. The van der Waals surface area contributed by atoms with E-state index in [-0.39, 0.29) is 16.9 Å². The summed E-state index contributed by atoms with van der Waals surface area (Å²) in [5.74, 6) is 0.563. The molecule has 0 bridgehead atoms. The number of nitrogens with two attached hydrogens (primary N) is 1. The van der Waals surface area contributed by atoms with Crippen LogP contribution >= 0.6 is 0 Å². The molecule has 2 heteroatoms. The molecule has 3 N–H and O–H groups in total. The second-order valence-corrected chi connectivity index (χ2v) is 5.48. The molecule has 1 rings (SSSR count). The summed E-state index contributed by atoms with van der Waals surface area (Å²) in [5.41, 5.74) is 5.70. The van der Waals surface area contributed by atoms with Crippen LogP contribution in [0.3, 0.4) is 0 Å². The van der Waals surface area contributed by atoms with E-state index in [0.29, 0.717) is 12.5 Å². The third-order valence-corrected chi connectivity index (χ3v) is 3.79. The summed E-state index contributed by atoms with van der Waals surface area (Å²) in [6, 6.07) is 0. The van der Waals surface area contributed by atoms with Gasteiger partial charge in [0.1, 0.15) is 0 Å². The minimum atomic E-state index is -0.245. The average Bonchev–Trinajstić information content (AvgIpc) is 2.83. The highest BCUT2D eigenvalue weighted by Gasteiger charge is 2.55. The van der Waals surface area contributed by atoms with Gasteiger partial charge in [-0.25, -0.2) is 0 Å². The van der Waals surface area contributed by atoms with Crippen molar-refractivity contribution in [2.75, 3.05) is 6.54 Å². The van der Waals surface area contributed by atoms with E-state index < -0.39 is 0 Å². The molecule has 0 saturated heterocycles. The van der Waals surface area contributed by atoms with Crippen molar-refractivity contribution in [2.45, 2.75) is 46.6 Å². The van der Waals surface area contributed by atoms with Gasteiger partial charge in [0.05, 0.1) is 6.10 Å². The van der Waals surface area contributed by atoms with Crippen molar-refractivity contribution in [1.82, 2.24) is 0 Å². The summed E-state index contributed by atoms with van der Waals surface area (Å²) in [4.78, 5) is 0. The summed E-state index contributed by atoms with van der Waals surface area (Å²) in [6.07, 6.45) is 2.08. The molecule has 1 fully saturated rings. The van der Waals surface area contributed by atoms with Crippen molar-refractivity contribution < 1.29 is 5.11 Å². The van der Waals surface area contributed by atoms with Crippen molar-refractivity contribution in [3.05, 3.63) is 0 Å². The Morgan fingerprint density at radius 1 is 1.38 bits per heavy atom. The van der Waals surface area contributed by atoms with E-state index in [4.69, 9.17) is 5.73 Å². The SMILES string of the molecule is CC(C)C1(C(O)C(C)(C)CN)CC1. The molecule has 1 aliphatic rings. The molecule has 0 aromatic heterocycles. The molecule has 1 aliphatic carbocycles. The topological polar surface area (TPSA) is 46.2 Å². The van der Waals surface area contributed by atoms with Crippen LogP contribution in [0.2, 0.25) is 0 Å². The highest BCUT2D eigenvalue weighted by molar-refractivity contribution is 5.05. The van der Waals surface area contributed by atoms with Gasteiger partial charge in [0.15, 0.2) is 0 Å². The Hall–Kier alpha value is -0.0800. The first-order valence-electron chi connectivity index (χ1n) is 5.25. The first-order chi connectivity index (χ1) is 5.87. The van der Waals surface area contributed by atoms with E-state index in [0.717, 1.165) is 12.8 Å². The predicted molar refractivity (Wildman–Crippen MR) is 55.3 cm³/mol. The Kier molecular flexibility index (Phi) is 2.75. The standard InChI is InChI=1S/C11H23NO/c1-8(2)11(5-6-11)9(13)10(3,4)7-12/h8-9,13H,5-7,12H2,1-4H3. The predicted octanol–water partition coefficient (Wildman–Crippen LogP) is 1.77. The molecule has 2 nitrogen and oxygen atoms in total. The fraction of sp³-hybridized carbons (Fsp3) is 1.00. The maximum absolute atomic E-state index is 10.3. The highest BCUT2D eigenvalue weighted by Crippen LogP contribution is 2.58. The fourth-order valence-corrected chi connectivity index (χ4v) is 2.20. The minimum Gasteiger partial charge on any atom is -0.392 e. The molecule has 0 aromatic carbocycles. The van der Waals surface area contributed by atoms with E-state index in [9.17, 15) is 5.11 Å². The van der Waals surface area contributed by atoms with Crippen molar-refractivity contribution in [3.63, 3.8) is 0 Å². The monoisotopic (exact) mass is 185 g/mol. The van der Waals surface area contributed by atoms with Crippen LogP contribution in [-0.4, -0.2) is 17.8 Å². The van der Waals surface area contributed by atoms with Gasteiger partial charge >= 0.3 is 0 Å². The normalized spacial score (nSPS) is 23.3. The van der Waals surface area contributed by atoms with Gasteiger partial charge in [-0.3, -0.25) is 0 Å². The van der Waals surface area contributed by atoms with Gasteiger partial charge in [0.2, 0.25) is 0 Å². The summed E-state index contributed by atoms with van der Waals surface area (Å²) in [5, 5.41) is 10.3. The van der Waals surface area contributed by atoms with Gasteiger partial charge in [-0.1, -0.05) is 27.7 Å². The molecule has 0 amide bonds. The molecule has 1 saturated carbocycles. The number of aliphatic hydroxyl groups is 1. The van der Waals surface area contributed by atoms with Gasteiger partial charge < -0.3 is 10.8 Å². The van der Waals surface area contributed by atoms with Crippen molar-refractivity contribution >= 4 is 0 Å². The van der Waals surface area contributed by atoms with Crippen molar-refractivity contribution in [3.8, 4) is 0 Å². The van der Waals surface area contributed by atoms with Crippen LogP contribution in [0.25, 0.3) is 0 Å². The third-order valence-electron chi connectivity index (χ3n) is 3.79. The molecule has 1 atom stereocenters. The molecule has 13 heavy (non-hydrogen) atoms. The molecule has 78 valence electrons. The van der Waals surface area contributed by atoms with E-state index >= 15 is 0 Å². The van der Waals surface area contributed by atoms with Crippen molar-refractivity contribution in [2.24, 2.45) is 22.5 Å². The Balaban J connectivity index is 2.72. The molecule has 0 aromatic rings. The lowest BCUT2D eigenvalue weighted by molar-refractivity contribution is -0.0247. The Morgan fingerprint density at radius 3 is 2.08 bits per heavy atom. The highest BCUT2D eigenvalue weighted by atomic mass is 16.3. The number of hydrogen-bond donors (Lipinski definition) is 2. The first-order valence-corrected chi connectivity index (χ1v) is 5.25. The van der Waals surface area contributed by atoms with Crippen molar-refractivity contribution in [1.29, 1.82) is 0 Å². The first kappa shape index (κ1) is 11.0. The summed E-state index contributed by atoms with van der Waals surface area (Å²) >= 11 is 0. The largest absolute Gasteiger partial charge is 0.392 e. The van der Waals surface area contributed by atoms with E-state index in [1.165, 1.54) is 0 Å². The van der Waals surface area contributed by atoms with Gasteiger partial charge in [0, 0.05) is 5.41 Å². The zero-order chi connectivity index (χ0) is 10.3. The zero-order valence-corrected chi connectivity index (χ0v) is 9.30. The Morgan fingerprint density at radius 2 is 1.85 bits per heavy atom. The summed E-state index contributed by atoms with van der Waals surface area (Å²) in [6.45, 7) is 9.06. The molecular weight excluding hydrogens is 162 g/mol. The molecular formula is C11H23NO. The van der Waals surface area contributed by atoms with Crippen LogP contribution in [0.4, 0.5) is 0 Å². The fourth-order valence-electron chi connectivity index (χ4n) is 2.20. The lowest BCUT2D eigenvalue weighted by atomic mass is 9.73. The van der Waals surface area contributed by atoms with E-state index in [1.54, 1.807) is 0 Å². The third kappa shape index (κ3) is 1.75. The van der Waals surface area contributed by atoms with Gasteiger partial charge in [-0.15, -0.1) is 0 Å². The maximum atomic E-state index is 10.3. The van der Waals surface area contributed by atoms with E-state index in [2.05, 4.69) is 27.7 Å². The molecule has 0 radical (unpaired) electrons. The lowest BCUT2D eigenvalue weighted by Gasteiger charge is -2.37. The van der Waals surface area contributed by atoms with Crippen LogP contribution in [-0.2, 0) is 0 Å². The average molecular weight is 185 g/mol. The zero-order valence-electron chi connectivity index (χ0n) is 9.30.